The van der Waals surface area contributed by atoms with E-state index in [9.17, 15) is 1.37 Å². The van der Waals surface area contributed by atoms with E-state index in [1.807, 2.05) is 30.3 Å². The number of rotatable bonds is 3. The summed E-state index contributed by atoms with van der Waals surface area (Å²) < 4.78 is 40.5. The fraction of sp³-hybridized carbons (Fsp3) is 0.333. The number of hydrogen-bond donors (Lipinski definition) is 0. The predicted octanol–water partition coefficient (Wildman–Crippen LogP) is 14.4. The van der Waals surface area contributed by atoms with Gasteiger partial charge in [-0.05, 0) is 116 Å². The number of aromatic nitrogens is 2. The Morgan fingerprint density at radius 2 is 1.44 bits per heavy atom. The fourth-order valence-electron chi connectivity index (χ4n) is 9.19. The molecule has 59 heavy (non-hydrogen) atoms. The summed E-state index contributed by atoms with van der Waals surface area (Å²) >= 11 is 0. The van der Waals surface area contributed by atoms with E-state index < -0.39 is 20.8 Å². The van der Waals surface area contributed by atoms with Crippen LogP contribution in [0.25, 0.3) is 66.0 Å². The van der Waals surface area contributed by atoms with Crippen molar-refractivity contribution in [2.24, 2.45) is 5.41 Å². The Kier molecular flexibility index (Phi) is 9.23. The zero-order chi connectivity index (χ0) is 44.2. The third-order valence-corrected chi connectivity index (χ3v) is 15.8. The molecule has 1 radical (unpaired) electrons. The number of aryl methyl sites for hydroxylation is 1. The van der Waals surface area contributed by atoms with Gasteiger partial charge in [-0.15, -0.1) is 53.6 Å². The van der Waals surface area contributed by atoms with E-state index in [0.29, 0.717) is 35.2 Å². The normalized spacial score (nSPS) is 18.7. The van der Waals surface area contributed by atoms with Crippen molar-refractivity contribution in [2.75, 3.05) is 0 Å². The molecule has 0 aliphatic heterocycles. The van der Waals surface area contributed by atoms with Crippen LogP contribution in [-0.2, 0) is 30.9 Å². The van der Waals surface area contributed by atoms with E-state index in [-0.39, 0.29) is 41.9 Å². The number of benzene rings is 5. The summed E-state index contributed by atoms with van der Waals surface area (Å²) in [4.78, 5) is 9.50. The van der Waals surface area contributed by atoms with Crippen molar-refractivity contribution in [1.29, 1.82) is 0 Å². The monoisotopic (exact) mass is 973 g/mol. The van der Waals surface area contributed by atoms with E-state index in [1.54, 1.807) is 0 Å². The third kappa shape index (κ3) is 7.11. The molecule has 5 aromatic carbocycles. The summed E-state index contributed by atoms with van der Waals surface area (Å²) in [7, 11) is -1.37. The molecule has 1 saturated carbocycles. The van der Waals surface area contributed by atoms with E-state index in [1.165, 1.54) is 38.8 Å². The largest absolute Gasteiger partial charge is 0.501 e. The zero-order valence-corrected chi connectivity index (χ0v) is 39.2. The van der Waals surface area contributed by atoms with Crippen LogP contribution in [0.2, 0.25) is 19.6 Å². The molecular formula is C54H56IrN2OSi-2. The molecule has 0 amide bonds. The Bertz CT molecular complexity index is 3060. The van der Waals surface area contributed by atoms with Crippen molar-refractivity contribution >= 4 is 56.7 Å². The fourth-order valence-corrected chi connectivity index (χ4v) is 10.2. The van der Waals surface area contributed by atoms with Gasteiger partial charge in [0, 0.05) is 43.4 Å². The van der Waals surface area contributed by atoms with Gasteiger partial charge in [-0.1, -0.05) is 126 Å². The van der Waals surface area contributed by atoms with Gasteiger partial charge in [0.1, 0.15) is 5.58 Å². The first-order valence-electron chi connectivity index (χ1n) is 22.8. The van der Waals surface area contributed by atoms with Gasteiger partial charge in [-0.3, -0.25) is 0 Å². The van der Waals surface area contributed by atoms with Gasteiger partial charge < -0.3 is 14.4 Å². The van der Waals surface area contributed by atoms with Crippen LogP contribution in [0.4, 0.5) is 0 Å². The van der Waals surface area contributed by atoms with Crippen LogP contribution in [0.1, 0.15) is 101 Å². The Morgan fingerprint density at radius 3 is 2.20 bits per heavy atom. The molecule has 0 spiro atoms. The minimum atomic E-state index is -2.35. The SMILES string of the molecule is CC1(C)c2ccc[c-]c2-c2ncc([Si](C)(C)C)cc2C1(C)C.[2H]C([2H])([2H])c1cnc(-c2[c-]ccc3c2oc2cc4c(ccc5ccccc54)cc23)cc1C1([2H])CCC(C)(C)CC1.[Ir]. The first-order chi connectivity index (χ1) is 29.1. The molecule has 3 aromatic heterocycles. The predicted molar refractivity (Wildman–Crippen MR) is 248 cm³/mol. The van der Waals surface area contributed by atoms with E-state index in [4.69, 9.17) is 13.5 Å². The first kappa shape index (κ1) is 36.4. The summed E-state index contributed by atoms with van der Waals surface area (Å²) in [5, 5.41) is 8.05. The van der Waals surface area contributed by atoms with Crippen molar-refractivity contribution in [3.8, 4) is 22.5 Å². The van der Waals surface area contributed by atoms with Crippen molar-refractivity contribution in [1.82, 2.24) is 9.97 Å². The van der Waals surface area contributed by atoms with Gasteiger partial charge in [0.05, 0.1) is 13.7 Å². The zero-order valence-electron chi connectivity index (χ0n) is 39.8. The second kappa shape index (κ2) is 14.9. The second-order valence-electron chi connectivity index (χ2n) is 19.5. The minimum Gasteiger partial charge on any atom is -0.501 e. The van der Waals surface area contributed by atoms with Crippen LogP contribution in [0.3, 0.4) is 0 Å². The number of hydrogen-bond acceptors (Lipinski definition) is 3. The van der Waals surface area contributed by atoms with Crippen LogP contribution in [0.15, 0.2) is 108 Å². The van der Waals surface area contributed by atoms with Crippen molar-refractivity contribution in [3.63, 3.8) is 0 Å². The summed E-state index contributed by atoms with van der Waals surface area (Å²) in [6.45, 7) is 18.7. The Labute approximate surface area is 371 Å². The molecule has 5 heteroatoms. The Morgan fingerprint density at radius 1 is 0.712 bits per heavy atom. The van der Waals surface area contributed by atoms with Crippen LogP contribution in [0, 0.1) is 24.4 Å². The molecule has 10 rings (SSSR count). The standard InChI is InChI=1S/C34H30NO.C20H26NSi.Ir/c1-21-20-35-31(18-28(21)23-13-15-34(2,3)16-14-23)27-10-6-9-26-30-17-24-12-11-22-7-4-5-8-25(22)29(24)19-32(30)36-33(26)27;1-19(2)16-11-9-8-10-15(16)18-17(20(19,3)4)12-14(13-21-18)22(5,6)7;/h4-9,11-12,17-20,23H,13-16H2,1-3H3;8-9,11-13H,1-7H3;/q2*-1;/i1D3,23D;;. The summed E-state index contributed by atoms with van der Waals surface area (Å²) in [5.74, 6) is -0.975. The average Bonchev–Trinajstić information content (AvgIpc) is 3.60. The van der Waals surface area contributed by atoms with Crippen LogP contribution in [0.5, 0.6) is 0 Å². The molecule has 0 bridgehead atoms. The molecule has 0 N–H and O–H groups in total. The minimum absolute atomic E-state index is 0. The second-order valence-corrected chi connectivity index (χ2v) is 24.6. The topological polar surface area (TPSA) is 38.9 Å². The molecule has 3 heterocycles. The molecule has 1 fully saturated rings. The maximum absolute atomic E-state index is 9.41. The quantitative estimate of drug-likeness (QED) is 0.101. The number of fused-ring (bicyclic) bond motifs is 9. The number of nitrogens with zero attached hydrogens (tertiary/aromatic N) is 2. The van der Waals surface area contributed by atoms with Gasteiger partial charge in [0.15, 0.2) is 0 Å². The van der Waals surface area contributed by atoms with Crippen molar-refractivity contribution < 1.29 is 30.0 Å². The number of pyridine rings is 2. The smallest absolute Gasteiger partial charge is 0.121 e. The molecule has 3 nitrogen and oxygen atoms in total. The van der Waals surface area contributed by atoms with Crippen LogP contribution >= 0.6 is 0 Å². The molecule has 0 unspecified atom stereocenters. The Hall–Kier alpha value is -4.41. The third-order valence-electron chi connectivity index (χ3n) is 13.8. The van der Waals surface area contributed by atoms with Crippen LogP contribution < -0.4 is 5.19 Å². The summed E-state index contributed by atoms with van der Waals surface area (Å²) in [5.41, 5.74) is 8.75. The molecule has 0 atom stereocenters. The first-order valence-corrected chi connectivity index (χ1v) is 24.3. The molecule has 2 aliphatic carbocycles. The van der Waals surface area contributed by atoms with Gasteiger partial charge >= 0.3 is 0 Å². The van der Waals surface area contributed by atoms with Crippen molar-refractivity contribution in [3.05, 3.63) is 138 Å². The van der Waals surface area contributed by atoms with Crippen LogP contribution in [-0.4, -0.2) is 18.0 Å². The molecule has 2 aliphatic rings. The van der Waals surface area contributed by atoms with Gasteiger partial charge in [0.25, 0.3) is 0 Å². The molecule has 303 valence electrons. The maximum atomic E-state index is 9.41. The van der Waals surface area contributed by atoms with Crippen molar-refractivity contribution in [2.45, 2.75) is 110 Å². The van der Waals surface area contributed by atoms with E-state index in [0.717, 1.165) is 45.7 Å². The van der Waals surface area contributed by atoms with Gasteiger partial charge in [0.2, 0.25) is 0 Å². The van der Waals surface area contributed by atoms with E-state index >= 15 is 0 Å². The maximum Gasteiger partial charge on any atom is 0.121 e. The number of furan rings is 1. The Balaban J connectivity index is 0.000000201. The molecule has 0 saturated heterocycles. The van der Waals surface area contributed by atoms with Gasteiger partial charge in [-0.25, -0.2) is 0 Å². The molecule has 8 aromatic rings. The molecular weight excluding hydrogens is 913 g/mol. The van der Waals surface area contributed by atoms with Gasteiger partial charge in [-0.2, -0.15) is 0 Å². The average molecular weight is 973 g/mol. The van der Waals surface area contributed by atoms with E-state index in [2.05, 4.69) is 145 Å². The summed E-state index contributed by atoms with van der Waals surface area (Å²) in [6, 6.07) is 38.1. The summed E-state index contributed by atoms with van der Waals surface area (Å²) in [6.07, 6.45) is 6.54.